The highest BCUT2D eigenvalue weighted by molar-refractivity contribution is 5.99. The minimum atomic E-state index is -0.0518. The maximum absolute atomic E-state index is 13.2. The summed E-state index contributed by atoms with van der Waals surface area (Å²) in [4.78, 5) is 26.4. The largest absolute Gasteiger partial charge is 0.378 e. The summed E-state index contributed by atoms with van der Waals surface area (Å²) in [5.74, 6) is 1.21. The van der Waals surface area contributed by atoms with E-state index < -0.39 is 0 Å². The summed E-state index contributed by atoms with van der Waals surface area (Å²) in [6.45, 7) is 4.98. The van der Waals surface area contributed by atoms with E-state index >= 15 is 0 Å². The van der Waals surface area contributed by atoms with Crippen LogP contribution in [-0.2, 0) is 11.3 Å². The van der Waals surface area contributed by atoms with Crippen LogP contribution in [-0.4, -0.2) is 54.1 Å². The van der Waals surface area contributed by atoms with Crippen LogP contribution in [0.2, 0.25) is 0 Å². The van der Waals surface area contributed by atoms with Crippen LogP contribution in [0, 0.1) is 6.92 Å². The molecule has 0 bridgehead atoms. The molecule has 1 aliphatic heterocycles. The fourth-order valence-corrected chi connectivity index (χ4v) is 3.61. The summed E-state index contributed by atoms with van der Waals surface area (Å²) in [7, 11) is 1.96. The summed E-state index contributed by atoms with van der Waals surface area (Å²) in [6.07, 6.45) is 1.67. The summed E-state index contributed by atoms with van der Waals surface area (Å²) in [5, 5.41) is 0. The maximum Gasteiger partial charge on any atom is 0.259 e. The van der Waals surface area contributed by atoms with E-state index in [9.17, 15) is 4.79 Å². The first-order chi connectivity index (χ1) is 14.6. The minimum absolute atomic E-state index is 0.0518. The summed E-state index contributed by atoms with van der Waals surface area (Å²) >= 11 is 0. The Morgan fingerprint density at radius 2 is 1.87 bits per heavy atom. The molecule has 6 heteroatoms. The number of anilines is 1. The Bertz CT molecular complexity index is 1020. The molecule has 6 nitrogen and oxygen atoms in total. The molecule has 1 aliphatic rings. The van der Waals surface area contributed by atoms with Crippen LogP contribution < -0.4 is 4.90 Å². The first-order valence-corrected chi connectivity index (χ1v) is 10.2. The molecule has 0 unspecified atom stereocenters. The topological polar surface area (TPSA) is 58.6 Å². The van der Waals surface area contributed by atoms with E-state index in [0.29, 0.717) is 50.1 Å². The molecule has 0 radical (unpaired) electrons. The van der Waals surface area contributed by atoms with E-state index in [0.717, 1.165) is 16.7 Å². The number of nitrogens with zero attached hydrogens (tertiary/aromatic N) is 4. The van der Waals surface area contributed by atoms with Gasteiger partial charge in [-0.2, -0.15) is 0 Å². The van der Waals surface area contributed by atoms with E-state index in [1.54, 1.807) is 6.20 Å². The number of carbonyl (C=O) groups is 1. The fourth-order valence-electron chi connectivity index (χ4n) is 3.61. The molecule has 0 spiro atoms. The van der Waals surface area contributed by atoms with E-state index in [1.165, 1.54) is 0 Å². The molecule has 1 fully saturated rings. The van der Waals surface area contributed by atoms with Gasteiger partial charge in [-0.1, -0.05) is 54.1 Å². The van der Waals surface area contributed by atoms with Crippen molar-refractivity contribution in [3.05, 3.63) is 77.5 Å². The monoisotopic (exact) mass is 402 g/mol. The third-order valence-electron chi connectivity index (χ3n) is 5.20. The van der Waals surface area contributed by atoms with Crippen LogP contribution >= 0.6 is 0 Å². The van der Waals surface area contributed by atoms with Crippen molar-refractivity contribution in [2.75, 3.05) is 38.3 Å². The Morgan fingerprint density at radius 1 is 1.10 bits per heavy atom. The second-order valence-electron chi connectivity index (χ2n) is 7.55. The number of hydrogen-bond donors (Lipinski definition) is 0. The number of amides is 1. The van der Waals surface area contributed by atoms with Crippen molar-refractivity contribution in [3.8, 4) is 11.4 Å². The predicted octanol–water partition coefficient (Wildman–Crippen LogP) is 3.56. The highest BCUT2D eigenvalue weighted by Gasteiger charge is 2.24. The highest BCUT2D eigenvalue weighted by Crippen LogP contribution is 2.25. The van der Waals surface area contributed by atoms with Gasteiger partial charge in [-0.05, 0) is 18.6 Å². The number of aromatic nitrogens is 2. The van der Waals surface area contributed by atoms with Crippen molar-refractivity contribution >= 4 is 11.7 Å². The first kappa shape index (κ1) is 20.0. The molecule has 2 aromatic carbocycles. The van der Waals surface area contributed by atoms with Gasteiger partial charge in [0.2, 0.25) is 0 Å². The van der Waals surface area contributed by atoms with Crippen molar-refractivity contribution in [2.45, 2.75) is 13.5 Å². The predicted molar refractivity (Wildman–Crippen MR) is 117 cm³/mol. The van der Waals surface area contributed by atoms with Gasteiger partial charge in [0.05, 0.1) is 13.2 Å². The summed E-state index contributed by atoms with van der Waals surface area (Å²) in [6, 6.07) is 18.3. The summed E-state index contributed by atoms with van der Waals surface area (Å²) in [5.41, 5.74) is 3.76. The Labute approximate surface area is 177 Å². The zero-order valence-electron chi connectivity index (χ0n) is 17.4. The van der Waals surface area contributed by atoms with Gasteiger partial charge in [0, 0.05) is 38.4 Å². The van der Waals surface area contributed by atoms with Crippen LogP contribution in [0.15, 0.2) is 60.8 Å². The molecule has 0 aliphatic carbocycles. The Balaban J connectivity index is 1.71. The zero-order chi connectivity index (χ0) is 20.9. The van der Waals surface area contributed by atoms with Gasteiger partial charge < -0.3 is 14.5 Å². The third-order valence-corrected chi connectivity index (χ3v) is 5.20. The lowest BCUT2D eigenvalue weighted by atomic mass is 10.1. The second-order valence-corrected chi connectivity index (χ2v) is 7.55. The lowest BCUT2D eigenvalue weighted by Crippen LogP contribution is -2.41. The quantitative estimate of drug-likeness (QED) is 0.653. The average Bonchev–Trinajstić information content (AvgIpc) is 2.79. The van der Waals surface area contributed by atoms with Crippen LogP contribution in [0.3, 0.4) is 0 Å². The van der Waals surface area contributed by atoms with E-state index in [1.807, 2.05) is 60.2 Å². The Kier molecular flexibility index (Phi) is 6.05. The smallest absolute Gasteiger partial charge is 0.259 e. The van der Waals surface area contributed by atoms with Gasteiger partial charge in [-0.25, -0.2) is 9.97 Å². The molecule has 0 N–H and O–H groups in total. The van der Waals surface area contributed by atoms with Crippen molar-refractivity contribution in [1.82, 2.24) is 14.9 Å². The highest BCUT2D eigenvalue weighted by atomic mass is 16.5. The third kappa shape index (κ3) is 4.49. The molecule has 2 heterocycles. The van der Waals surface area contributed by atoms with Gasteiger partial charge in [-0.15, -0.1) is 0 Å². The van der Waals surface area contributed by atoms with E-state index in [4.69, 9.17) is 9.72 Å². The number of morpholine rings is 1. The number of benzene rings is 2. The molecular weight excluding hydrogens is 376 g/mol. The minimum Gasteiger partial charge on any atom is -0.378 e. The standard InChI is InChI=1S/C24H26N4O2/c1-18-7-6-10-20(15-18)22-25-16-21(24(29)28-11-13-30-14-12-28)23(26-22)27(2)17-19-8-4-3-5-9-19/h3-10,15-16H,11-14,17H2,1-2H3. The Morgan fingerprint density at radius 3 is 2.60 bits per heavy atom. The SMILES string of the molecule is Cc1cccc(-c2ncc(C(=O)N3CCOCC3)c(N(C)Cc3ccccc3)n2)c1. The van der Waals surface area contributed by atoms with Gasteiger partial charge in [-0.3, -0.25) is 4.79 Å². The van der Waals surface area contributed by atoms with Crippen molar-refractivity contribution in [3.63, 3.8) is 0 Å². The van der Waals surface area contributed by atoms with E-state index in [2.05, 4.69) is 23.2 Å². The van der Waals surface area contributed by atoms with Crippen molar-refractivity contribution in [1.29, 1.82) is 0 Å². The normalized spacial score (nSPS) is 13.9. The molecule has 30 heavy (non-hydrogen) atoms. The van der Waals surface area contributed by atoms with E-state index in [-0.39, 0.29) is 5.91 Å². The van der Waals surface area contributed by atoms with Gasteiger partial charge in [0.15, 0.2) is 5.82 Å². The van der Waals surface area contributed by atoms with Crippen LogP contribution in [0.25, 0.3) is 11.4 Å². The Hall–Kier alpha value is -3.25. The molecule has 4 rings (SSSR count). The fraction of sp³-hybridized carbons (Fsp3) is 0.292. The molecular formula is C24H26N4O2. The zero-order valence-corrected chi connectivity index (χ0v) is 17.4. The van der Waals surface area contributed by atoms with Crippen LogP contribution in [0.5, 0.6) is 0 Å². The number of rotatable bonds is 5. The van der Waals surface area contributed by atoms with Crippen LogP contribution in [0.1, 0.15) is 21.5 Å². The first-order valence-electron chi connectivity index (χ1n) is 10.2. The number of aryl methyl sites for hydroxylation is 1. The molecule has 154 valence electrons. The van der Waals surface area contributed by atoms with Crippen molar-refractivity contribution in [2.24, 2.45) is 0 Å². The average molecular weight is 402 g/mol. The van der Waals surface area contributed by atoms with Crippen LogP contribution in [0.4, 0.5) is 5.82 Å². The molecule has 1 aromatic heterocycles. The lowest BCUT2D eigenvalue weighted by molar-refractivity contribution is 0.0303. The maximum atomic E-state index is 13.2. The summed E-state index contributed by atoms with van der Waals surface area (Å²) < 4.78 is 5.40. The second kappa shape index (κ2) is 9.05. The number of ether oxygens (including phenoxy) is 1. The number of carbonyl (C=O) groups excluding carboxylic acids is 1. The van der Waals surface area contributed by atoms with Gasteiger partial charge in [0.25, 0.3) is 5.91 Å². The van der Waals surface area contributed by atoms with Crippen molar-refractivity contribution < 1.29 is 9.53 Å². The lowest BCUT2D eigenvalue weighted by Gasteiger charge is -2.29. The molecule has 0 saturated carbocycles. The van der Waals surface area contributed by atoms with Gasteiger partial charge >= 0.3 is 0 Å². The molecule has 3 aromatic rings. The molecule has 1 amide bonds. The number of hydrogen-bond acceptors (Lipinski definition) is 5. The van der Waals surface area contributed by atoms with Gasteiger partial charge in [0.1, 0.15) is 11.4 Å². The molecule has 1 saturated heterocycles. The molecule has 0 atom stereocenters.